The molecule has 0 aliphatic carbocycles. The number of amides is 2. The van der Waals surface area contributed by atoms with Crippen molar-refractivity contribution < 1.29 is 14.3 Å². The van der Waals surface area contributed by atoms with Crippen LogP contribution in [0.5, 0.6) is 5.75 Å². The number of carbonyl (C=O) groups excluding carboxylic acids is 2. The number of para-hydroxylation sites is 1. The van der Waals surface area contributed by atoms with Gasteiger partial charge >= 0.3 is 0 Å². The molecule has 26 heavy (non-hydrogen) atoms. The van der Waals surface area contributed by atoms with Gasteiger partial charge in [-0.2, -0.15) is 10.1 Å². The first kappa shape index (κ1) is 17.4. The van der Waals surface area contributed by atoms with Gasteiger partial charge in [0.2, 0.25) is 0 Å². The molecule has 0 bridgehead atoms. The van der Waals surface area contributed by atoms with Crippen molar-refractivity contribution in [2.45, 2.75) is 13.8 Å². The lowest BCUT2D eigenvalue weighted by atomic mass is 10.1. The number of hydrazone groups is 1. The lowest BCUT2D eigenvalue weighted by molar-refractivity contribution is -0.120. The van der Waals surface area contributed by atoms with Gasteiger partial charge in [-0.1, -0.05) is 30.3 Å². The fraction of sp³-hybridized carbons (Fsp3) is 0.150. The summed E-state index contributed by atoms with van der Waals surface area (Å²) in [5, 5.41) is 5.77. The number of carbonyl (C=O) groups is 2. The van der Waals surface area contributed by atoms with E-state index in [1.165, 1.54) is 5.01 Å². The van der Waals surface area contributed by atoms with E-state index in [1.807, 2.05) is 37.3 Å². The quantitative estimate of drug-likeness (QED) is 0.842. The maximum atomic E-state index is 12.8. The summed E-state index contributed by atoms with van der Waals surface area (Å²) >= 11 is 0. The second-order valence-corrected chi connectivity index (χ2v) is 5.99. The lowest BCUT2D eigenvalue weighted by Crippen LogP contribution is -2.21. The summed E-state index contributed by atoms with van der Waals surface area (Å²) in [6.45, 7) is 3.52. The van der Waals surface area contributed by atoms with Crippen molar-refractivity contribution in [1.82, 2.24) is 0 Å². The summed E-state index contributed by atoms with van der Waals surface area (Å²) in [6, 6.07) is 14.7. The van der Waals surface area contributed by atoms with Crippen molar-refractivity contribution in [2.24, 2.45) is 10.8 Å². The number of aryl methyl sites for hydroxylation is 1. The lowest BCUT2D eigenvalue weighted by Gasteiger charge is -2.12. The molecule has 0 unspecified atom stereocenters. The second kappa shape index (κ2) is 7.23. The predicted octanol–water partition coefficient (Wildman–Crippen LogP) is 2.67. The van der Waals surface area contributed by atoms with Crippen LogP contribution in [-0.4, -0.2) is 24.1 Å². The molecule has 0 atom stereocenters. The Hall–Kier alpha value is -3.41. The molecule has 1 aliphatic heterocycles. The molecule has 0 aromatic heterocycles. The summed E-state index contributed by atoms with van der Waals surface area (Å²) in [5.41, 5.74) is 8.66. The van der Waals surface area contributed by atoms with Crippen LogP contribution in [-0.2, 0) is 9.59 Å². The van der Waals surface area contributed by atoms with E-state index in [1.54, 1.807) is 31.2 Å². The maximum absolute atomic E-state index is 12.8. The molecule has 6 heteroatoms. The molecule has 1 aliphatic rings. The minimum atomic E-state index is -0.562. The van der Waals surface area contributed by atoms with Crippen LogP contribution in [0, 0.1) is 6.92 Å². The molecule has 132 valence electrons. The fourth-order valence-corrected chi connectivity index (χ4v) is 2.65. The van der Waals surface area contributed by atoms with Gasteiger partial charge in [0.1, 0.15) is 5.75 Å². The van der Waals surface area contributed by atoms with Crippen LogP contribution >= 0.6 is 0 Å². The van der Waals surface area contributed by atoms with Gasteiger partial charge in [-0.05, 0) is 43.7 Å². The number of nitrogens with zero attached hydrogens (tertiary/aromatic N) is 2. The van der Waals surface area contributed by atoms with E-state index < -0.39 is 5.91 Å². The van der Waals surface area contributed by atoms with Crippen LogP contribution in [0.3, 0.4) is 0 Å². The van der Waals surface area contributed by atoms with Gasteiger partial charge in [-0.15, -0.1) is 0 Å². The third kappa shape index (κ3) is 3.64. The molecule has 2 amide bonds. The van der Waals surface area contributed by atoms with Crippen LogP contribution in [0.15, 0.2) is 59.2 Å². The van der Waals surface area contributed by atoms with E-state index >= 15 is 0 Å². The van der Waals surface area contributed by atoms with Crippen LogP contribution < -0.4 is 15.5 Å². The predicted molar refractivity (Wildman–Crippen MR) is 101 cm³/mol. The van der Waals surface area contributed by atoms with Gasteiger partial charge in [-0.25, -0.2) is 0 Å². The Morgan fingerprint density at radius 3 is 2.69 bits per heavy atom. The summed E-state index contributed by atoms with van der Waals surface area (Å²) in [7, 11) is 0. The Balaban J connectivity index is 1.92. The minimum Gasteiger partial charge on any atom is -0.483 e. The molecule has 3 rings (SSSR count). The fourth-order valence-electron chi connectivity index (χ4n) is 2.65. The number of anilines is 1. The molecular weight excluding hydrogens is 330 g/mol. The van der Waals surface area contributed by atoms with E-state index in [-0.39, 0.29) is 12.5 Å². The first-order chi connectivity index (χ1) is 12.5. The van der Waals surface area contributed by atoms with Gasteiger partial charge in [0.15, 0.2) is 6.61 Å². The first-order valence-electron chi connectivity index (χ1n) is 8.14. The van der Waals surface area contributed by atoms with Crippen molar-refractivity contribution in [3.05, 3.63) is 65.2 Å². The molecule has 2 N–H and O–H groups in total. The normalized spacial score (nSPS) is 15.3. The Morgan fingerprint density at radius 2 is 1.96 bits per heavy atom. The Bertz CT molecular complexity index is 931. The van der Waals surface area contributed by atoms with Crippen molar-refractivity contribution in [2.75, 3.05) is 11.6 Å². The molecule has 0 fully saturated rings. The SMILES string of the molecule is CC1=NN(c2cccc(C)c2)C(=O)/C1=C\c1ccccc1OCC(N)=O. The van der Waals surface area contributed by atoms with Crippen LogP contribution in [0.4, 0.5) is 5.69 Å². The number of hydrogen-bond donors (Lipinski definition) is 1. The van der Waals surface area contributed by atoms with Gasteiger partial charge < -0.3 is 10.5 Å². The highest BCUT2D eigenvalue weighted by Crippen LogP contribution is 2.28. The average molecular weight is 349 g/mol. The molecular formula is C20H19N3O3. The van der Waals surface area contributed by atoms with E-state index in [0.717, 1.165) is 11.3 Å². The highest BCUT2D eigenvalue weighted by atomic mass is 16.5. The summed E-state index contributed by atoms with van der Waals surface area (Å²) in [5.74, 6) is -0.293. The molecule has 0 saturated heterocycles. The summed E-state index contributed by atoms with van der Waals surface area (Å²) in [4.78, 5) is 23.8. The molecule has 0 radical (unpaired) electrons. The van der Waals surface area contributed by atoms with Crippen molar-refractivity contribution in [3.8, 4) is 5.75 Å². The number of primary amides is 1. The van der Waals surface area contributed by atoms with E-state index in [4.69, 9.17) is 10.5 Å². The van der Waals surface area contributed by atoms with E-state index in [0.29, 0.717) is 22.6 Å². The van der Waals surface area contributed by atoms with Gasteiger partial charge in [-0.3, -0.25) is 9.59 Å². The smallest absolute Gasteiger partial charge is 0.280 e. The third-order valence-corrected chi connectivity index (χ3v) is 3.90. The zero-order chi connectivity index (χ0) is 18.7. The summed E-state index contributed by atoms with van der Waals surface area (Å²) < 4.78 is 5.42. The number of hydrogen-bond acceptors (Lipinski definition) is 4. The van der Waals surface area contributed by atoms with Gasteiger partial charge in [0, 0.05) is 5.56 Å². The number of ether oxygens (including phenoxy) is 1. The van der Waals surface area contributed by atoms with Crippen LogP contribution in [0.1, 0.15) is 18.1 Å². The largest absolute Gasteiger partial charge is 0.483 e. The average Bonchev–Trinajstić information content (AvgIpc) is 2.89. The maximum Gasteiger partial charge on any atom is 0.280 e. The van der Waals surface area contributed by atoms with Crippen LogP contribution in [0.25, 0.3) is 6.08 Å². The molecule has 2 aromatic rings. The van der Waals surface area contributed by atoms with E-state index in [9.17, 15) is 9.59 Å². The van der Waals surface area contributed by atoms with E-state index in [2.05, 4.69) is 5.10 Å². The topological polar surface area (TPSA) is 85.0 Å². The van der Waals surface area contributed by atoms with Gasteiger partial charge in [0.25, 0.3) is 11.8 Å². The molecule has 0 saturated carbocycles. The number of nitrogens with two attached hydrogens (primary N) is 1. The molecule has 2 aromatic carbocycles. The molecule has 0 spiro atoms. The molecule has 6 nitrogen and oxygen atoms in total. The highest BCUT2D eigenvalue weighted by molar-refractivity contribution is 6.32. The standard InChI is InChI=1S/C20H19N3O3/c1-13-6-5-8-16(10-13)23-20(25)17(14(2)22-23)11-15-7-3-4-9-18(15)26-12-19(21)24/h3-11H,12H2,1-2H3,(H2,21,24)/b17-11-. The summed E-state index contributed by atoms with van der Waals surface area (Å²) in [6.07, 6.45) is 1.72. The van der Waals surface area contributed by atoms with Crippen molar-refractivity contribution in [1.29, 1.82) is 0 Å². The monoisotopic (exact) mass is 349 g/mol. The Kier molecular flexibility index (Phi) is 4.84. The van der Waals surface area contributed by atoms with Crippen molar-refractivity contribution >= 4 is 29.3 Å². The number of rotatable bonds is 5. The Morgan fingerprint density at radius 1 is 1.19 bits per heavy atom. The second-order valence-electron chi connectivity index (χ2n) is 5.99. The van der Waals surface area contributed by atoms with Crippen LogP contribution in [0.2, 0.25) is 0 Å². The Labute approximate surface area is 151 Å². The van der Waals surface area contributed by atoms with Crippen molar-refractivity contribution in [3.63, 3.8) is 0 Å². The van der Waals surface area contributed by atoms with Gasteiger partial charge in [0.05, 0.1) is 17.0 Å². The molecule has 1 heterocycles. The highest BCUT2D eigenvalue weighted by Gasteiger charge is 2.29. The third-order valence-electron chi connectivity index (χ3n) is 3.90. The zero-order valence-corrected chi connectivity index (χ0v) is 14.6. The number of benzene rings is 2. The first-order valence-corrected chi connectivity index (χ1v) is 8.14. The zero-order valence-electron chi connectivity index (χ0n) is 14.6. The minimum absolute atomic E-state index is 0.210.